The molecule has 0 spiro atoms. The molecule has 1 atom stereocenters. The Morgan fingerprint density at radius 3 is 2.72 bits per heavy atom. The molecular weight excluding hydrogens is 228 g/mol. The van der Waals surface area contributed by atoms with Crippen molar-refractivity contribution in [1.82, 2.24) is 4.90 Å². The van der Waals surface area contributed by atoms with Gasteiger partial charge in [-0.2, -0.15) is 0 Å². The first-order valence-corrected chi connectivity index (χ1v) is 6.47. The number of hydrogen-bond donors (Lipinski definition) is 1. The van der Waals surface area contributed by atoms with E-state index in [1.165, 1.54) is 0 Å². The number of ether oxygens (including phenoxy) is 1. The summed E-state index contributed by atoms with van der Waals surface area (Å²) in [5.41, 5.74) is 6.98. The molecular formula is C14H20N2O2. The van der Waals surface area contributed by atoms with Crippen LogP contribution in [0.1, 0.15) is 30.1 Å². The van der Waals surface area contributed by atoms with Crippen molar-refractivity contribution in [2.45, 2.75) is 25.9 Å². The molecule has 1 amide bonds. The largest absolute Gasteiger partial charge is 0.399 e. The maximum absolute atomic E-state index is 12.3. The van der Waals surface area contributed by atoms with Gasteiger partial charge in [-0.25, -0.2) is 0 Å². The SMILES string of the molecule is CCN(CC1CCCO1)C(=O)c1ccc(N)cc1. The predicted octanol–water partition coefficient (Wildman–Crippen LogP) is 1.91. The van der Waals surface area contributed by atoms with Gasteiger partial charge in [0.05, 0.1) is 6.10 Å². The number of anilines is 1. The molecule has 2 N–H and O–H groups in total. The van der Waals surface area contributed by atoms with Gasteiger partial charge >= 0.3 is 0 Å². The van der Waals surface area contributed by atoms with Crippen molar-refractivity contribution >= 4 is 11.6 Å². The second kappa shape index (κ2) is 5.87. The van der Waals surface area contributed by atoms with Crippen LogP contribution in [-0.4, -0.2) is 36.6 Å². The number of nitrogens with two attached hydrogens (primary N) is 1. The highest BCUT2D eigenvalue weighted by Gasteiger charge is 2.22. The lowest BCUT2D eigenvalue weighted by molar-refractivity contribution is 0.0539. The molecule has 98 valence electrons. The molecule has 0 saturated carbocycles. The Kier molecular flexibility index (Phi) is 4.20. The van der Waals surface area contributed by atoms with E-state index in [1.54, 1.807) is 24.3 Å². The summed E-state index contributed by atoms with van der Waals surface area (Å²) in [6.45, 7) is 4.19. The number of likely N-dealkylation sites (N-methyl/N-ethyl adjacent to an activating group) is 1. The molecule has 4 heteroatoms. The van der Waals surface area contributed by atoms with E-state index >= 15 is 0 Å². The zero-order valence-corrected chi connectivity index (χ0v) is 10.8. The summed E-state index contributed by atoms with van der Waals surface area (Å²) < 4.78 is 5.58. The Balaban J connectivity index is 2.02. The van der Waals surface area contributed by atoms with Gasteiger partial charge in [0.2, 0.25) is 0 Å². The van der Waals surface area contributed by atoms with Crippen molar-refractivity contribution in [3.8, 4) is 0 Å². The maximum Gasteiger partial charge on any atom is 0.253 e. The minimum absolute atomic E-state index is 0.0491. The highest BCUT2D eigenvalue weighted by atomic mass is 16.5. The fraction of sp³-hybridized carbons (Fsp3) is 0.500. The summed E-state index contributed by atoms with van der Waals surface area (Å²) in [5.74, 6) is 0.0491. The number of amides is 1. The number of nitrogen functional groups attached to an aromatic ring is 1. The van der Waals surface area contributed by atoms with Gasteiger partial charge in [0.1, 0.15) is 0 Å². The van der Waals surface area contributed by atoms with Crippen molar-refractivity contribution in [2.75, 3.05) is 25.4 Å². The average Bonchev–Trinajstić information content (AvgIpc) is 2.89. The van der Waals surface area contributed by atoms with Gasteiger partial charge < -0.3 is 15.4 Å². The van der Waals surface area contributed by atoms with Crippen molar-refractivity contribution < 1.29 is 9.53 Å². The van der Waals surface area contributed by atoms with Gasteiger partial charge in [-0.3, -0.25) is 4.79 Å². The highest BCUT2D eigenvalue weighted by molar-refractivity contribution is 5.94. The third kappa shape index (κ3) is 3.01. The van der Waals surface area contributed by atoms with Crippen LogP contribution >= 0.6 is 0 Å². The van der Waals surface area contributed by atoms with E-state index in [1.807, 2.05) is 11.8 Å². The zero-order valence-electron chi connectivity index (χ0n) is 10.8. The topological polar surface area (TPSA) is 55.6 Å². The van der Waals surface area contributed by atoms with Crippen molar-refractivity contribution in [3.63, 3.8) is 0 Å². The lowest BCUT2D eigenvalue weighted by Gasteiger charge is -2.24. The number of carbonyl (C=O) groups is 1. The first kappa shape index (κ1) is 12.9. The van der Waals surface area contributed by atoms with E-state index in [4.69, 9.17) is 10.5 Å². The molecule has 18 heavy (non-hydrogen) atoms. The molecule has 2 rings (SSSR count). The van der Waals surface area contributed by atoms with E-state index in [-0.39, 0.29) is 12.0 Å². The Morgan fingerprint density at radius 1 is 1.44 bits per heavy atom. The second-order valence-corrected chi connectivity index (χ2v) is 4.60. The third-order valence-electron chi connectivity index (χ3n) is 3.27. The number of nitrogens with zero attached hydrogens (tertiary/aromatic N) is 1. The Bertz CT molecular complexity index is 397. The van der Waals surface area contributed by atoms with Gasteiger partial charge in [-0.05, 0) is 44.0 Å². The summed E-state index contributed by atoms with van der Waals surface area (Å²) in [4.78, 5) is 14.1. The fourth-order valence-corrected chi connectivity index (χ4v) is 2.20. The lowest BCUT2D eigenvalue weighted by Crippen LogP contribution is -2.37. The molecule has 0 aliphatic carbocycles. The molecule has 1 heterocycles. The summed E-state index contributed by atoms with van der Waals surface area (Å²) >= 11 is 0. The summed E-state index contributed by atoms with van der Waals surface area (Å²) in [5, 5.41) is 0. The summed E-state index contributed by atoms with van der Waals surface area (Å²) in [7, 11) is 0. The monoisotopic (exact) mass is 248 g/mol. The molecule has 0 bridgehead atoms. The van der Waals surface area contributed by atoms with E-state index in [2.05, 4.69) is 0 Å². The molecule has 1 aromatic rings. The van der Waals surface area contributed by atoms with Gasteiger partial charge in [0.15, 0.2) is 0 Å². The summed E-state index contributed by atoms with van der Waals surface area (Å²) in [6, 6.07) is 7.06. The molecule has 1 aliphatic rings. The molecule has 0 aromatic heterocycles. The average molecular weight is 248 g/mol. The Hall–Kier alpha value is -1.55. The molecule has 1 aliphatic heterocycles. The normalized spacial score (nSPS) is 18.8. The van der Waals surface area contributed by atoms with Crippen LogP contribution < -0.4 is 5.73 Å². The predicted molar refractivity (Wildman–Crippen MR) is 71.4 cm³/mol. The molecule has 4 nitrogen and oxygen atoms in total. The van der Waals surface area contributed by atoms with Crippen LogP contribution in [0.3, 0.4) is 0 Å². The van der Waals surface area contributed by atoms with E-state index in [0.29, 0.717) is 24.3 Å². The second-order valence-electron chi connectivity index (χ2n) is 4.60. The van der Waals surface area contributed by atoms with E-state index < -0.39 is 0 Å². The van der Waals surface area contributed by atoms with E-state index in [0.717, 1.165) is 19.4 Å². The van der Waals surface area contributed by atoms with Crippen molar-refractivity contribution in [3.05, 3.63) is 29.8 Å². The number of hydrogen-bond acceptors (Lipinski definition) is 3. The van der Waals surface area contributed by atoms with Crippen molar-refractivity contribution in [1.29, 1.82) is 0 Å². The van der Waals surface area contributed by atoms with Crippen molar-refractivity contribution in [2.24, 2.45) is 0 Å². The van der Waals surface area contributed by atoms with Crippen LogP contribution in [0.5, 0.6) is 0 Å². The first-order valence-electron chi connectivity index (χ1n) is 6.47. The quantitative estimate of drug-likeness (QED) is 0.828. The van der Waals surface area contributed by atoms with Crippen LogP contribution in [-0.2, 0) is 4.74 Å². The molecule has 0 radical (unpaired) electrons. The number of benzene rings is 1. The van der Waals surface area contributed by atoms with Gasteiger partial charge in [-0.15, -0.1) is 0 Å². The Labute approximate surface area is 108 Å². The van der Waals surface area contributed by atoms with Gasteiger partial charge in [0.25, 0.3) is 5.91 Å². The van der Waals surface area contributed by atoms with Crippen LogP contribution in [0.4, 0.5) is 5.69 Å². The lowest BCUT2D eigenvalue weighted by atomic mass is 10.1. The van der Waals surface area contributed by atoms with Crippen LogP contribution in [0.15, 0.2) is 24.3 Å². The van der Waals surface area contributed by atoms with Gasteiger partial charge in [0, 0.05) is 30.9 Å². The number of carbonyl (C=O) groups excluding carboxylic acids is 1. The molecule has 1 aromatic carbocycles. The molecule has 1 unspecified atom stereocenters. The summed E-state index contributed by atoms with van der Waals surface area (Å²) in [6.07, 6.45) is 2.34. The van der Waals surface area contributed by atoms with Crippen LogP contribution in [0, 0.1) is 0 Å². The smallest absolute Gasteiger partial charge is 0.253 e. The molecule has 1 saturated heterocycles. The van der Waals surface area contributed by atoms with Gasteiger partial charge in [-0.1, -0.05) is 0 Å². The highest BCUT2D eigenvalue weighted by Crippen LogP contribution is 2.15. The van der Waals surface area contributed by atoms with Crippen LogP contribution in [0.2, 0.25) is 0 Å². The van der Waals surface area contributed by atoms with Crippen LogP contribution in [0.25, 0.3) is 0 Å². The van der Waals surface area contributed by atoms with E-state index in [9.17, 15) is 4.79 Å². The standard InChI is InChI=1S/C14H20N2O2/c1-2-16(10-13-4-3-9-18-13)14(17)11-5-7-12(15)8-6-11/h5-8,13H,2-4,9-10,15H2,1H3. The molecule has 1 fully saturated rings. The first-order chi connectivity index (χ1) is 8.70. The zero-order chi connectivity index (χ0) is 13.0. The third-order valence-corrected chi connectivity index (χ3v) is 3.27. The Morgan fingerprint density at radius 2 is 2.17 bits per heavy atom. The minimum Gasteiger partial charge on any atom is -0.399 e. The number of rotatable bonds is 4. The maximum atomic E-state index is 12.3. The fourth-order valence-electron chi connectivity index (χ4n) is 2.20. The minimum atomic E-state index is 0.0491.